The van der Waals surface area contributed by atoms with E-state index in [2.05, 4.69) is 15.9 Å². The van der Waals surface area contributed by atoms with Crippen molar-refractivity contribution in [2.45, 2.75) is 13.3 Å². The lowest BCUT2D eigenvalue weighted by Crippen LogP contribution is -2.38. The highest BCUT2D eigenvalue weighted by atomic mass is 79.9. The Morgan fingerprint density at radius 2 is 2.05 bits per heavy atom. The van der Waals surface area contributed by atoms with Crippen LogP contribution >= 0.6 is 15.9 Å². The van der Waals surface area contributed by atoms with Crippen LogP contribution in [0, 0.1) is 6.92 Å². The summed E-state index contributed by atoms with van der Waals surface area (Å²) in [6.07, 6.45) is 0.817. The first-order valence-electron chi connectivity index (χ1n) is 6.29. The highest BCUT2D eigenvalue weighted by Crippen LogP contribution is 2.23. The number of aryl methyl sites for hydroxylation is 1. The Bertz CT molecular complexity index is 516. The number of carbonyl (C=O) groups is 2. The van der Waals surface area contributed by atoms with Crippen molar-refractivity contribution in [1.29, 1.82) is 0 Å². The molecule has 1 aliphatic heterocycles. The normalized spacial score (nSPS) is 16.5. The van der Waals surface area contributed by atoms with Crippen LogP contribution < -0.4 is 0 Å². The molecule has 4 nitrogen and oxygen atoms in total. The van der Waals surface area contributed by atoms with Gasteiger partial charge < -0.3 is 9.80 Å². The van der Waals surface area contributed by atoms with E-state index in [0.29, 0.717) is 18.7 Å². The first-order valence-corrected chi connectivity index (χ1v) is 7.08. The molecular weight excluding hydrogens is 308 g/mol. The van der Waals surface area contributed by atoms with E-state index in [1.54, 1.807) is 22.9 Å². The van der Waals surface area contributed by atoms with E-state index in [0.717, 1.165) is 16.5 Å². The van der Waals surface area contributed by atoms with Gasteiger partial charge in [0.15, 0.2) is 0 Å². The van der Waals surface area contributed by atoms with Gasteiger partial charge in [-0.25, -0.2) is 0 Å². The number of halogens is 1. The van der Waals surface area contributed by atoms with Crippen molar-refractivity contribution in [3.8, 4) is 0 Å². The van der Waals surface area contributed by atoms with Crippen LogP contribution in [0.25, 0.3) is 0 Å². The molecule has 1 aromatic carbocycles. The summed E-state index contributed by atoms with van der Waals surface area (Å²) in [5, 5.41) is 0. The number of rotatable bonds is 1. The zero-order valence-corrected chi connectivity index (χ0v) is 12.7. The predicted octanol–water partition coefficient (Wildman–Crippen LogP) is 2.06. The Hall–Kier alpha value is -1.36. The minimum Gasteiger partial charge on any atom is -0.344 e. The second kappa shape index (κ2) is 5.74. The lowest BCUT2D eigenvalue weighted by molar-refractivity contribution is -0.129. The number of nitrogens with zero attached hydrogens (tertiary/aromatic N) is 2. The molecule has 0 N–H and O–H groups in total. The SMILES string of the molecule is Cc1cccc(C(=O)N2CCCN(C)C(=O)C2)c1Br. The van der Waals surface area contributed by atoms with Gasteiger partial charge in [-0.3, -0.25) is 9.59 Å². The van der Waals surface area contributed by atoms with Crippen molar-refractivity contribution >= 4 is 27.7 Å². The number of carbonyl (C=O) groups excluding carboxylic acids is 2. The molecule has 0 unspecified atom stereocenters. The first-order chi connectivity index (χ1) is 9.00. The molecule has 102 valence electrons. The van der Waals surface area contributed by atoms with Crippen molar-refractivity contribution < 1.29 is 9.59 Å². The summed E-state index contributed by atoms with van der Waals surface area (Å²) in [6.45, 7) is 3.44. The average molecular weight is 325 g/mol. The molecule has 0 radical (unpaired) electrons. The van der Waals surface area contributed by atoms with Crippen molar-refractivity contribution in [2.75, 3.05) is 26.7 Å². The van der Waals surface area contributed by atoms with Crippen LogP contribution in [0.4, 0.5) is 0 Å². The van der Waals surface area contributed by atoms with Crippen molar-refractivity contribution in [3.63, 3.8) is 0 Å². The van der Waals surface area contributed by atoms with Gasteiger partial charge >= 0.3 is 0 Å². The second-order valence-electron chi connectivity index (χ2n) is 4.83. The van der Waals surface area contributed by atoms with E-state index < -0.39 is 0 Å². The summed E-state index contributed by atoms with van der Waals surface area (Å²) in [7, 11) is 1.78. The molecule has 2 rings (SSSR count). The zero-order chi connectivity index (χ0) is 14.0. The van der Waals surface area contributed by atoms with E-state index in [1.165, 1.54) is 0 Å². The summed E-state index contributed by atoms with van der Waals surface area (Å²) < 4.78 is 0.810. The summed E-state index contributed by atoms with van der Waals surface area (Å²) in [4.78, 5) is 27.6. The highest BCUT2D eigenvalue weighted by Gasteiger charge is 2.25. The van der Waals surface area contributed by atoms with Crippen molar-refractivity contribution in [1.82, 2.24) is 9.80 Å². The molecule has 1 aliphatic rings. The molecule has 0 aliphatic carbocycles. The van der Waals surface area contributed by atoms with Crippen LogP contribution in [0.15, 0.2) is 22.7 Å². The fraction of sp³-hybridized carbons (Fsp3) is 0.429. The molecule has 1 fully saturated rings. The lowest BCUT2D eigenvalue weighted by atomic mass is 10.1. The van der Waals surface area contributed by atoms with Gasteiger partial charge in [-0.05, 0) is 40.9 Å². The number of likely N-dealkylation sites (N-methyl/N-ethyl adjacent to an activating group) is 1. The maximum Gasteiger partial charge on any atom is 0.255 e. The van der Waals surface area contributed by atoms with Crippen LogP contribution in [-0.4, -0.2) is 48.3 Å². The second-order valence-corrected chi connectivity index (χ2v) is 5.63. The number of hydrogen-bond acceptors (Lipinski definition) is 2. The fourth-order valence-electron chi connectivity index (χ4n) is 2.14. The summed E-state index contributed by atoms with van der Waals surface area (Å²) in [6, 6.07) is 5.60. The topological polar surface area (TPSA) is 40.6 Å². The van der Waals surface area contributed by atoms with E-state index >= 15 is 0 Å². The maximum absolute atomic E-state index is 12.5. The molecular formula is C14H17BrN2O2. The molecule has 1 saturated heterocycles. The average Bonchev–Trinajstić information content (AvgIpc) is 2.55. The molecule has 0 bridgehead atoms. The standard InChI is InChI=1S/C14H17BrN2O2/c1-10-5-3-6-11(13(10)15)14(19)17-8-4-7-16(2)12(18)9-17/h3,5-6H,4,7-9H2,1-2H3. The third-order valence-corrected chi connectivity index (χ3v) is 4.44. The monoisotopic (exact) mass is 324 g/mol. The zero-order valence-electron chi connectivity index (χ0n) is 11.1. The van der Waals surface area contributed by atoms with Crippen LogP contribution in [0.5, 0.6) is 0 Å². The number of benzene rings is 1. The van der Waals surface area contributed by atoms with Gasteiger partial charge in [-0.2, -0.15) is 0 Å². The molecule has 1 heterocycles. The molecule has 5 heteroatoms. The van der Waals surface area contributed by atoms with Crippen LogP contribution in [0.3, 0.4) is 0 Å². The Kier molecular flexibility index (Phi) is 4.24. The molecule has 0 spiro atoms. The molecule has 0 atom stereocenters. The minimum atomic E-state index is -0.0841. The van der Waals surface area contributed by atoms with Gasteiger partial charge in [0.1, 0.15) is 6.54 Å². The van der Waals surface area contributed by atoms with Crippen molar-refractivity contribution in [2.24, 2.45) is 0 Å². The summed E-state index contributed by atoms with van der Waals surface area (Å²) >= 11 is 3.45. The van der Waals surface area contributed by atoms with E-state index in [1.807, 2.05) is 19.1 Å². The summed E-state index contributed by atoms with van der Waals surface area (Å²) in [5.74, 6) is -0.0890. The van der Waals surface area contributed by atoms with Gasteiger partial charge in [0, 0.05) is 24.6 Å². The van der Waals surface area contributed by atoms with Crippen LogP contribution in [0.2, 0.25) is 0 Å². The molecule has 19 heavy (non-hydrogen) atoms. The molecule has 0 aromatic heterocycles. The van der Waals surface area contributed by atoms with Crippen LogP contribution in [0.1, 0.15) is 22.3 Å². The van der Waals surface area contributed by atoms with Gasteiger partial charge in [0.05, 0.1) is 5.56 Å². The predicted molar refractivity (Wildman–Crippen MR) is 77.0 cm³/mol. The third-order valence-electron chi connectivity index (χ3n) is 3.38. The molecule has 2 amide bonds. The Balaban J connectivity index is 2.24. The third kappa shape index (κ3) is 2.97. The summed E-state index contributed by atoms with van der Waals surface area (Å²) in [5.41, 5.74) is 1.64. The first kappa shape index (κ1) is 14.1. The van der Waals surface area contributed by atoms with E-state index in [9.17, 15) is 9.59 Å². The van der Waals surface area contributed by atoms with Gasteiger partial charge in [0.25, 0.3) is 5.91 Å². The molecule has 1 aromatic rings. The van der Waals surface area contributed by atoms with Crippen molar-refractivity contribution in [3.05, 3.63) is 33.8 Å². The minimum absolute atomic E-state index is 0.00498. The number of hydrogen-bond donors (Lipinski definition) is 0. The van der Waals surface area contributed by atoms with E-state index in [4.69, 9.17) is 0 Å². The highest BCUT2D eigenvalue weighted by molar-refractivity contribution is 9.10. The Morgan fingerprint density at radius 3 is 2.79 bits per heavy atom. The van der Waals surface area contributed by atoms with Crippen LogP contribution in [-0.2, 0) is 4.79 Å². The van der Waals surface area contributed by atoms with Gasteiger partial charge in [-0.15, -0.1) is 0 Å². The largest absolute Gasteiger partial charge is 0.344 e. The lowest BCUT2D eigenvalue weighted by Gasteiger charge is -2.20. The Morgan fingerprint density at radius 1 is 1.32 bits per heavy atom. The maximum atomic E-state index is 12.5. The van der Waals surface area contributed by atoms with E-state index in [-0.39, 0.29) is 18.4 Å². The quantitative estimate of drug-likeness (QED) is 0.793. The fourth-order valence-corrected chi connectivity index (χ4v) is 2.58. The van der Waals surface area contributed by atoms with Gasteiger partial charge in [-0.1, -0.05) is 12.1 Å². The van der Waals surface area contributed by atoms with Gasteiger partial charge in [0.2, 0.25) is 5.91 Å². The number of amides is 2. The Labute approximate surface area is 121 Å². The molecule has 0 saturated carbocycles. The smallest absolute Gasteiger partial charge is 0.255 e.